The zero-order valence-electron chi connectivity index (χ0n) is 27.3. The van der Waals surface area contributed by atoms with Crippen LogP contribution in [0.5, 0.6) is 0 Å². The first kappa shape index (κ1) is 34.4. The summed E-state index contributed by atoms with van der Waals surface area (Å²) in [7, 11) is 4.50. The van der Waals surface area contributed by atoms with Crippen LogP contribution in [-0.2, 0) is 15.6 Å². The highest BCUT2D eigenvalue weighted by atomic mass is 127. The summed E-state index contributed by atoms with van der Waals surface area (Å²) < 4.78 is 5.70. The standard InChI is InChI=1S/C37H43ClI2N3O2/c1-8-18-41-30-13-11-26(39)20-28(30)36(2,3)32(41)15-9-24-22-43(6,7)23-25(35(24)38)10-16-33-37(4,5)29-21-27(40)12-14-31(29)42(33)19-17-34(44)45/h9-16,20-21H,8,17-19,22-23H2,1-7H3/q+1/p+1. The molecule has 5 rings (SSSR count). The molecule has 0 fully saturated rings. The van der Waals surface area contributed by atoms with Gasteiger partial charge in [-0.05, 0) is 107 Å². The van der Waals surface area contributed by atoms with Gasteiger partial charge in [0.15, 0.2) is 5.71 Å². The largest absolute Gasteiger partial charge is 0.481 e. The molecule has 3 aliphatic rings. The second-order valence-corrected chi connectivity index (χ2v) is 16.9. The van der Waals surface area contributed by atoms with Gasteiger partial charge in [0.2, 0.25) is 5.69 Å². The van der Waals surface area contributed by atoms with Gasteiger partial charge in [-0.15, -0.1) is 0 Å². The number of likely N-dealkylation sites (N-methyl/N-ethyl adjacent to an activating group) is 1. The monoisotopic (exact) mass is 851 g/mol. The van der Waals surface area contributed by atoms with E-state index in [4.69, 9.17) is 11.6 Å². The van der Waals surface area contributed by atoms with E-state index in [0.29, 0.717) is 6.54 Å². The Bertz CT molecular complexity index is 1710. The van der Waals surface area contributed by atoms with Gasteiger partial charge >= 0.3 is 5.97 Å². The maximum Gasteiger partial charge on any atom is 0.305 e. The van der Waals surface area contributed by atoms with Gasteiger partial charge in [-0.1, -0.05) is 38.4 Å². The fourth-order valence-electron chi connectivity index (χ4n) is 7.14. The number of carbonyl (C=O) groups is 1. The van der Waals surface area contributed by atoms with Crippen LogP contribution in [0.25, 0.3) is 0 Å². The van der Waals surface area contributed by atoms with Gasteiger partial charge in [-0.2, -0.15) is 4.58 Å². The molecule has 238 valence electrons. The highest BCUT2D eigenvalue weighted by Gasteiger charge is 2.44. The summed E-state index contributed by atoms with van der Waals surface area (Å²) in [5, 5.41) is 10.3. The van der Waals surface area contributed by atoms with E-state index in [9.17, 15) is 9.90 Å². The van der Waals surface area contributed by atoms with Crippen LogP contribution < -0.4 is 4.90 Å². The van der Waals surface area contributed by atoms with E-state index in [1.165, 1.54) is 29.7 Å². The van der Waals surface area contributed by atoms with Crippen molar-refractivity contribution in [2.75, 3.05) is 45.2 Å². The van der Waals surface area contributed by atoms with Crippen molar-refractivity contribution in [1.82, 2.24) is 0 Å². The maximum absolute atomic E-state index is 11.6. The molecule has 0 bridgehead atoms. The molecule has 0 unspecified atom stereocenters. The van der Waals surface area contributed by atoms with E-state index in [0.717, 1.165) is 58.1 Å². The third-order valence-electron chi connectivity index (χ3n) is 9.35. The average Bonchev–Trinajstić information content (AvgIpc) is 3.29. The number of carboxylic acid groups (broad SMARTS) is 1. The highest BCUT2D eigenvalue weighted by molar-refractivity contribution is 14.1. The first-order valence-electron chi connectivity index (χ1n) is 15.6. The van der Waals surface area contributed by atoms with E-state index in [-0.39, 0.29) is 17.3 Å². The first-order valence-corrected chi connectivity index (χ1v) is 18.1. The lowest BCUT2D eigenvalue weighted by molar-refractivity contribution is -0.881. The van der Waals surface area contributed by atoms with E-state index in [1.807, 2.05) is 0 Å². The topological polar surface area (TPSA) is 43.5 Å². The molecule has 45 heavy (non-hydrogen) atoms. The molecule has 2 aromatic carbocycles. The molecule has 0 aliphatic carbocycles. The second-order valence-electron chi connectivity index (χ2n) is 14.1. The van der Waals surface area contributed by atoms with Gasteiger partial charge in [0, 0.05) is 65.8 Å². The van der Waals surface area contributed by atoms with Crippen molar-refractivity contribution in [3.63, 3.8) is 0 Å². The molecule has 2 aromatic rings. The molecule has 0 radical (unpaired) electrons. The summed E-state index contributed by atoms with van der Waals surface area (Å²) in [6, 6.07) is 13.2. The van der Waals surface area contributed by atoms with Crippen LogP contribution in [0.15, 0.2) is 82.6 Å². The van der Waals surface area contributed by atoms with E-state index >= 15 is 0 Å². The zero-order valence-corrected chi connectivity index (χ0v) is 32.4. The third-order valence-corrected chi connectivity index (χ3v) is 11.2. The van der Waals surface area contributed by atoms with Crippen molar-refractivity contribution >= 4 is 79.8 Å². The molecule has 1 N–H and O–H groups in total. The van der Waals surface area contributed by atoms with E-state index in [2.05, 4.69) is 164 Å². The van der Waals surface area contributed by atoms with E-state index < -0.39 is 5.97 Å². The average molecular weight is 852 g/mol. The number of benzene rings is 2. The molecule has 3 aliphatic heterocycles. The molecule has 0 atom stereocenters. The number of carboxylic acids is 1. The van der Waals surface area contributed by atoms with Crippen LogP contribution in [0, 0.1) is 7.14 Å². The van der Waals surface area contributed by atoms with Crippen LogP contribution in [-0.4, -0.2) is 66.1 Å². The van der Waals surface area contributed by atoms with Gasteiger partial charge in [0.1, 0.15) is 19.6 Å². The Morgan fingerprint density at radius 2 is 1.67 bits per heavy atom. The van der Waals surface area contributed by atoms with Gasteiger partial charge in [-0.3, -0.25) is 4.79 Å². The Morgan fingerprint density at radius 3 is 2.33 bits per heavy atom. The normalized spacial score (nSPS) is 21.8. The number of anilines is 1. The number of fused-ring (bicyclic) bond motifs is 2. The van der Waals surface area contributed by atoms with Crippen molar-refractivity contribution in [3.8, 4) is 0 Å². The van der Waals surface area contributed by atoms with Crippen molar-refractivity contribution in [2.24, 2.45) is 0 Å². The summed E-state index contributed by atoms with van der Waals surface area (Å²) in [6.07, 6.45) is 10.0. The van der Waals surface area contributed by atoms with Crippen LogP contribution in [0.3, 0.4) is 0 Å². The Morgan fingerprint density at radius 1 is 1.00 bits per heavy atom. The summed E-state index contributed by atoms with van der Waals surface area (Å²) in [4.78, 5) is 13.8. The number of nitrogens with zero attached hydrogens (tertiary/aromatic N) is 3. The van der Waals surface area contributed by atoms with Gasteiger partial charge in [0.05, 0.1) is 31.0 Å². The number of halogens is 3. The molecule has 8 heteroatoms. The minimum absolute atomic E-state index is 0.0716. The van der Waals surface area contributed by atoms with Gasteiger partial charge in [0.25, 0.3) is 0 Å². The lowest BCUT2D eigenvalue weighted by atomic mass is 9.81. The molecular formula is C37H44ClI2N3O2+2. The molecule has 0 spiro atoms. The number of aliphatic carboxylic acids is 1. The predicted octanol–water partition coefficient (Wildman–Crippen LogP) is 8.90. The summed E-state index contributed by atoms with van der Waals surface area (Å²) in [5.74, 6) is -0.795. The smallest absolute Gasteiger partial charge is 0.305 e. The molecule has 0 amide bonds. The number of hydrogen-bond donors (Lipinski definition) is 1. The van der Waals surface area contributed by atoms with Crippen LogP contribution >= 0.6 is 56.8 Å². The zero-order chi connectivity index (χ0) is 32.9. The van der Waals surface area contributed by atoms with Crippen molar-refractivity contribution in [3.05, 3.63) is 101 Å². The lowest BCUT2D eigenvalue weighted by Crippen LogP contribution is -2.45. The minimum Gasteiger partial charge on any atom is -0.481 e. The van der Waals surface area contributed by atoms with Crippen LogP contribution in [0.1, 0.15) is 58.6 Å². The number of hydrogen-bond acceptors (Lipinski definition) is 2. The molecule has 3 heterocycles. The Labute approximate surface area is 300 Å². The maximum atomic E-state index is 11.6. The number of quaternary nitrogens is 1. The number of allylic oxidation sites excluding steroid dienone is 4. The first-order chi connectivity index (χ1) is 21.1. The Hall–Kier alpha value is -1.95. The third kappa shape index (κ3) is 6.74. The summed E-state index contributed by atoms with van der Waals surface area (Å²) in [5.41, 5.74) is 9.22. The number of rotatable bonds is 8. The Balaban J connectivity index is 1.56. The van der Waals surface area contributed by atoms with Crippen molar-refractivity contribution in [2.45, 2.75) is 58.3 Å². The quantitative estimate of drug-likeness (QED) is 0.164. The molecule has 0 saturated carbocycles. The highest BCUT2D eigenvalue weighted by Crippen LogP contribution is 2.48. The lowest BCUT2D eigenvalue weighted by Gasteiger charge is -2.35. The predicted molar refractivity (Wildman–Crippen MR) is 204 cm³/mol. The summed E-state index contributed by atoms with van der Waals surface area (Å²) >= 11 is 12.0. The Kier molecular flexibility index (Phi) is 9.87. The van der Waals surface area contributed by atoms with Crippen LogP contribution in [0.2, 0.25) is 0 Å². The van der Waals surface area contributed by atoms with Crippen LogP contribution in [0.4, 0.5) is 11.4 Å². The minimum atomic E-state index is -0.795. The molecule has 0 saturated heterocycles. The van der Waals surface area contributed by atoms with Crippen molar-refractivity contribution < 1.29 is 19.0 Å². The fourth-order valence-corrected chi connectivity index (χ4v) is 8.37. The molecule has 0 aromatic heterocycles. The van der Waals surface area contributed by atoms with E-state index in [1.54, 1.807) is 0 Å². The second kappa shape index (κ2) is 12.9. The fraction of sp³-hybridized carbons (Fsp3) is 0.405. The molecule has 5 nitrogen and oxygen atoms in total. The van der Waals surface area contributed by atoms with Gasteiger partial charge in [-0.25, -0.2) is 0 Å². The SMILES string of the molecule is CCC[N+]1=C(/C=C/C2=C(Cl)C(=C/C=C3/N(CCC(=O)O)c4ccc(I)cc4C3(C)C)/C[N+](C)(C)C2)C(C)(C)c2cc(I)ccc21. The molecular weight excluding hydrogens is 808 g/mol. The van der Waals surface area contributed by atoms with Gasteiger partial charge < -0.3 is 14.5 Å². The summed E-state index contributed by atoms with van der Waals surface area (Å²) in [6.45, 7) is 14.4. The van der Waals surface area contributed by atoms with Crippen molar-refractivity contribution in [1.29, 1.82) is 0 Å².